The second-order valence-corrected chi connectivity index (χ2v) is 8.74. The first-order valence-corrected chi connectivity index (χ1v) is 11.8. The predicted octanol–water partition coefficient (Wildman–Crippen LogP) is 4.75. The van der Waals surface area contributed by atoms with E-state index in [2.05, 4.69) is 5.32 Å². The van der Waals surface area contributed by atoms with Gasteiger partial charge in [-0.1, -0.05) is 48.5 Å². The summed E-state index contributed by atoms with van der Waals surface area (Å²) in [6, 6.07) is 18.9. The Morgan fingerprint density at radius 3 is 2.23 bits per heavy atom. The lowest BCUT2D eigenvalue weighted by Crippen LogP contribution is -2.16. The number of nitrogens with two attached hydrogens (primary N) is 1. The largest absolute Gasteiger partial charge is 0.462 e. The standard InChI is InChI=1S/C26H24N4O4S/c1-4-34-26(33)19-15(2)22(23(27)31)35-25(19)28-24(32)20-16(3)30(18-13-9-6-10-14-18)29-21(20)17-11-7-5-8-12-17/h5-14H,4H2,1-3H3,(H2,27,31)(H,28,32). The molecule has 0 bridgehead atoms. The molecule has 0 saturated carbocycles. The third-order valence-corrected chi connectivity index (χ3v) is 6.69. The third kappa shape index (κ3) is 4.58. The predicted molar refractivity (Wildman–Crippen MR) is 135 cm³/mol. The fraction of sp³-hybridized carbons (Fsp3) is 0.154. The minimum atomic E-state index is -0.684. The van der Waals surface area contributed by atoms with Gasteiger partial charge in [-0.25, -0.2) is 9.48 Å². The normalized spacial score (nSPS) is 10.7. The number of aromatic nitrogens is 2. The number of anilines is 1. The van der Waals surface area contributed by atoms with E-state index in [1.54, 1.807) is 18.5 Å². The lowest BCUT2D eigenvalue weighted by Gasteiger charge is -2.09. The van der Waals surface area contributed by atoms with Crippen LogP contribution in [0.15, 0.2) is 60.7 Å². The van der Waals surface area contributed by atoms with Crippen LogP contribution < -0.4 is 11.1 Å². The molecule has 0 radical (unpaired) electrons. The number of rotatable bonds is 7. The number of esters is 1. The van der Waals surface area contributed by atoms with Gasteiger partial charge in [0.15, 0.2) is 0 Å². The third-order valence-electron chi connectivity index (χ3n) is 5.47. The van der Waals surface area contributed by atoms with Crippen LogP contribution in [0.25, 0.3) is 16.9 Å². The maximum Gasteiger partial charge on any atom is 0.341 e. The van der Waals surface area contributed by atoms with Crippen LogP contribution in [0.5, 0.6) is 0 Å². The van der Waals surface area contributed by atoms with Crippen LogP contribution in [0.3, 0.4) is 0 Å². The van der Waals surface area contributed by atoms with Crippen molar-refractivity contribution in [3.05, 3.63) is 87.9 Å². The Kier molecular flexibility index (Phi) is 6.79. The molecule has 8 nitrogen and oxygen atoms in total. The van der Waals surface area contributed by atoms with E-state index in [-0.39, 0.29) is 22.0 Å². The zero-order chi connectivity index (χ0) is 25.1. The summed E-state index contributed by atoms with van der Waals surface area (Å²) in [4.78, 5) is 38.4. The number of para-hydroxylation sites is 1. The smallest absolute Gasteiger partial charge is 0.341 e. The first-order chi connectivity index (χ1) is 16.8. The number of thiophene rings is 1. The zero-order valence-electron chi connectivity index (χ0n) is 19.5. The molecule has 35 heavy (non-hydrogen) atoms. The average Bonchev–Trinajstić information content (AvgIpc) is 3.37. The van der Waals surface area contributed by atoms with Crippen molar-refractivity contribution in [2.45, 2.75) is 20.8 Å². The van der Waals surface area contributed by atoms with Crippen LogP contribution >= 0.6 is 11.3 Å². The van der Waals surface area contributed by atoms with Crippen molar-refractivity contribution < 1.29 is 19.1 Å². The highest BCUT2D eigenvalue weighted by Gasteiger charge is 2.29. The molecule has 2 aromatic heterocycles. The Morgan fingerprint density at radius 2 is 1.63 bits per heavy atom. The fourth-order valence-corrected chi connectivity index (χ4v) is 4.89. The second kappa shape index (κ2) is 9.94. The van der Waals surface area contributed by atoms with E-state index >= 15 is 0 Å². The number of primary amides is 1. The topological polar surface area (TPSA) is 116 Å². The number of hydrogen-bond donors (Lipinski definition) is 2. The zero-order valence-corrected chi connectivity index (χ0v) is 20.3. The van der Waals surface area contributed by atoms with Crippen molar-refractivity contribution in [3.8, 4) is 16.9 Å². The number of nitrogens with one attached hydrogen (secondary N) is 1. The SMILES string of the molecule is CCOC(=O)c1c(NC(=O)c2c(-c3ccccc3)nn(-c3ccccc3)c2C)sc(C(N)=O)c1C. The molecule has 2 heterocycles. The molecule has 0 aliphatic rings. The molecule has 0 atom stereocenters. The van der Waals surface area contributed by atoms with E-state index in [1.807, 2.05) is 67.6 Å². The van der Waals surface area contributed by atoms with Gasteiger partial charge < -0.3 is 15.8 Å². The van der Waals surface area contributed by atoms with Gasteiger partial charge in [0.05, 0.1) is 34.0 Å². The quantitative estimate of drug-likeness (QED) is 0.364. The molecule has 0 fully saturated rings. The van der Waals surface area contributed by atoms with Crippen LogP contribution in [0.2, 0.25) is 0 Å². The minimum absolute atomic E-state index is 0.119. The summed E-state index contributed by atoms with van der Waals surface area (Å²) in [6.07, 6.45) is 0. The lowest BCUT2D eigenvalue weighted by atomic mass is 10.1. The van der Waals surface area contributed by atoms with E-state index in [1.165, 1.54) is 0 Å². The highest BCUT2D eigenvalue weighted by molar-refractivity contribution is 7.18. The Labute approximate surface area is 206 Å². The number of amides is 2. The number of carbonyl (C=O) groups is 3. The number of carbonyl (C=O) groups excluding carboxylic acids is 3. The van der Waals surface area contributed by atoms with Gasteiger partial charge in [0.1, 0.15) is 10.7 Å². The molecule has 0 aliphatic carbocycles. The number of ether oxygens (including phenoxy) is 1. The summed E-state index contributed by atoms with van der Waals surface area (Å²) in [7, 11) is 0. The summed E-state index contributed by atoms with van der Waals surface area (Å²) in [5.74, 6) is -1.79. The van der Waals surface area contributed by atoms with Crippen molar-refractivity contribution in [3.63, 3.8) is 0 Å². The number of nitrogens with zero attached hydrogens (tertiary/aromatic N) is 2. The van der Waals surface area contributed by atoms with Crippen molar-refractivity contribution in [2.24, 2.45) is 5.73 Å². The van der Waals surface area contributed by atoms with E-state index in [0.29, 0.717) is 22.5 Å². The van der Waals surface area contributed by atoms with Crippen molar-refractivity contribution in [1.29, 1.82) is 0 Å². The van der Waals surface area contributed by atoms with Crippen molar-refractivity contribution in [1.82, 2.24) is 9.78 Å². The van der Waals surface area contributed by atoms with Crippen LogP contribution in [-0.2, 0) is 4.74 Å². The van der Waals surface area contributed by atoms with Crippen molar-refractivity contribution in [2.75, 3.05) is 11.9 Å². The molecule has 3 N–H and O–H groups in total. The molecule has 0 saturated heterocycles. The summed E-state index contributed by atoms with van der Waals surface area (Å²) in [5, 5.41) is 7.76. The highest BCUT2D eigenvalue weighted by atomic mass is 32.1. The van der Waals surface area contributed by atoms with E-state index in [4.69, 9.17) is 15.6 Å². The Bertz CT molecular complexity index is 1410. The summed E-state index contributed by atoms with van der Waals surface area (Å²) in [5.41, 5.74) is 9.01. The number of hydrogen-bond acceptors (Lipinski definition) is 6. The Balaban J connectivity index is 1.83. The van der Waals surface area contributed by atoms with Gasteiger partial charge in [-0.3, -0.25) is 9.59 Å². The molecule has 9 heteroatoms. The molecule has 4 aromatic rings. The first kappa shape index (κ1) is 23.9. The molecule has 2 amide bonds. The minimum Gasteiger partial charge on any atom is -0.462 e. The summed E-state index contributed by atoms with van der Waals surface area (Å²) < 4.78 is 6.86. The van der Waals surface area contributed by atoms with Gasteiger partial charge >= 0.3 is 5.97 Å². The van der Waals surface area contributed by atoms with E-state index in [9.17, 15) is 14.4 Å². The Hall–Kier alpha value is -4.24. The molecule has 178 valence electrons. The van der Waals surface area contributed by atoms with Gasteiger partial charge in [0, 0.05) is 5.56 Å². The maximum atomic E-state index is 13.7. The lowest BCUT2D eigenvalue weighted by molar-refractivity contribution is 0.0527. The molecule has 4 rings (SSSR count). The van der Waals surface area contributed by atoms with E-state index in [0.717, 1.165) is 22.6 Å². The van der Waals surface area contributed by atoms with Crippen LogP contribution in [0, 0.1) is 13.8 Å². The molecule has 0 aliphatic heterocycles. The van der Waals surface area contributed by atoms with Gasteiger partial charge in [0.2, 0.25) is 0 Å². The second-order valence-electron chi connectivity index (χ2n) is 7.72. The van der Waals surface area contributed by atoms with Gasteiger partial charge in [-0.2, -0.15) is 5.10 Å². The summed E-state index contributed by atoms with van der Waals surface area (Å²) >= 11 is 0.948. The monoisotopic (exact) mass is 488 g/mol. The van der Waals surface area contributed by atoms with Crippen LogP contribution in [0.1, 0.15) is 48.6 Å². The van der Waals surface area contributed by atoms with Crippen molar-refractivity contribution >= 4 is 34.1 Å². The van der Waals surface area contributed by atoms with Crippen LogP contribution in [-0.4, -0.2) is 34.2 Å². The first-order valence-electron chi connectivity index (χ1n) is 11.0. The molecule has 0 unspecified atom stereocenters. The molecular formula is C26H24N4O4S. The van der Waals surface area contributed by atoms with Crippen LogP contribution in [0.4, 0.5) is 5.00 Å². The van der Waals surface area contributed by atoms with Gasteiger partial charge in [-0.05, 0) is 38.5 Å². The molecular weight excluding hydrogens is 464 g/mol. The van der Waals surface area contributed by atoms with Gasteiger partial charge in [-0.15, -0.1) is 11.3 Å². The fourth-order valence-electron chi connectivity index (χ4n) is 3.84. The molecule has 0 spiro atoms. The highest BCUT2D eigenvalue weighted by Crippen LogP contribution is 2.35. The maximum absolute atomic E-state index is 13.7. The molecule has 2 aromatic carbocycles. The average molecular weight is 489 g/mol. The number of benzene rings is 2. The summed E-state index contributed by atoms with van der Waals surface area (Å²) in [6.45, 7) is 5.24. The Morgan fingerprint density at radius 1 is 1.00 bits per heavy atom. The van der Waals surface area contributed by atoms with Gasteiger partial charge in [0.25, 0.3) is 11.8 Å². The van der Waals surface area contributed by atoms with E-state index < -0.39 is 17.8 Å².